The Balaban J connectivity index is 1.49. The molecule has 0 saturated heterocycles. The highest BCUT2D eigenvalue weighted by Gasteiger charge is 2.08. The number of aromatic nitrogens is 4. The molecule has 1 aromatic carbocycles. The van der Waals surface area contributed by atoms with Crippen molar-refractivity contribution in [1.82, 2.24) is 25.3 Å². The molecular formula is C15H17N5OS2. The van der Waals surface area contributed by atoms with Crippen LogP contribution < -0.4 is 5.32 Å². The van der Waals surface area contributed by atoms with Gasteiger partial charge in [-0.2, -0.15) is 0 Å². The monoisotopic (exact) mass is 347 g/mol. The van der Waals surface area contributed by atoms with Gasteiger partial charge in [0.15, 0.2) is 0 Å². The third-order valence-electron chi connectivity index (χ3n) is 3.21. The van der Waals surface area contributed by atoms with Crippen LogP contribution in [0.1, 0.15) is 12.6 Å². The Labute approximate surface area is 142 Å². The fourth-order valence-electron chi connectivity index (χ4n) is 2.17. The summed E-state index contributed by atoms with van der Waals surface area (Å²) in [6, 6.07) is 7.78. The third kappa shape index (κ3) is 4.08. The highest BCUT2D eigenvalue weighted by Crippen LogP contribution is 2.22. The molecule has 0 fully saturated rings. The SMILES string of the molecule is CCSc1nc(CC(=O)NCCn2nnc3ccccc32)cs1. The summed E-state index contributed by atoms with van der Waals surface area (Å²) in [7, 11) is 0. The summed E-state index contributed by atoms with van der Waals surface area (Å²) < 4.78 is 2.82. The average Bonchev–Trinajstić information content (AvgIpc) is 3.15. The molecule has 1 N–H and O–H groups in total. The standard InChI is InChI=1S/C15H17N5OS2/c1-2-22-15-17-11(10-23-15)9-14(21)16-7-8-20-13-6-4-3-5-12(13)18-19-20/h3-6,10H,2,7-9H2,1H3,(H,16,21). The van der Waals surface area contributed by atoms with Crippen molar-refractivity contribution >= 4 is 40.0 Å². The third-order valence-corrected chi connectivity index (χ3v) is 5.16. The molecule has 0 aliphatic carbocycles. The normalized spacial score (nSPS) is 11.0. The minimum absolute atomic E-state index is 0.0206. The number of carbonyl (C=O) groups excluding carboxylic acids is 1. The van der Waals surface area contributed by atoms with Crippen LogP contribution in [0, 0.1) is 0 Å². The van der Waals surface area contributed by atoms with Gasteiger partial charge in [0.2, 0.25) is 5.91 Å². The molecule has 120 valence electrons. The lowest BCUT2D eigenvalue weighted by Gasteiger charge is -2.04. The number of rotatable bonds is 7. The van der Waals surface area contributed by atoms with Gasteiger partial charge in [0.25, 0.3) is 0 Å². The van der Waals surface area contributed by atoms with Crippen LogP contribution in [0.4, 0.5) is 0 Å². The van der Waals surface area contributed by atoms with Gasteiger partial charge in [0.05, 0.1) is 24.2 Å². The molecule has 0 unspecified atom stereocenters. The molecule has 2 aromatic heterocycles. The van der Waals surface area contributed by atoms with E-state index in [0.29, 0.717) is 19.5 Å². The molecule has 23 heavy (non-hydrogen) atoms. The summed E-state index contributed by atoms with van der Waals surface area (Å²) in [6.45, 7) is 3.21. The smallest absolute Gasteiger partial charge is 0.226 e. The van der Waals surface area contributed by atoms with Crippen LogP contribution in [0.5, 0.6) is 0 Å². The first-order valence-corrected chi connectivity index (χ1v) is 9.25. The number of amides is 1. The van der Waals surface area contributed by atoms with E-state index in [1.54, 1.807) is 27.8 Å². The van der Waals surface area contributed by atoms with Crippen LogP contribution >= 0.6 is 23.1 Å². The van der Waals surface area contributed by atoms with E-state index >= 15 is 0 Å². The minimum atomic E-state index is -0.0206. The Bertz CT molecular complexity index is 798. The molecule has 0 saturated carbocycles. The Kier molecular flexibility index (Phi) is 5.24. The zero-order valence-electron chi connectivity index (χ0n) is 12.7. The predicted molar refractivity (Wildman–Crippen MR) is 92.8 cm³/mol. The molecule has 0 aliphatic heterocycles. The topological polar surface area (TPSA) is 72.7 Å². The van der Waals surface area contributed by atoms with Gasteiger partial charge in [-0.25, -0.2) is 9.67 Å². The number of nitrogens with one attached hydrogen (secondary N) is 1. The van der Waals surface area contributed by atoms with Crippen molar-refractivity contribution in [3.63, 3.8) is 0 Å². The van der Waals surface area contributed by atoms with Gasteiger partial charge < -0.3 is 5.32 Å². The van der Waals surface area contributed by atoms with E-state index in [1.807, 2.05) is 29.6 Å². The molecule has 1 amide bonds. The fraction of sp³-hybridized carbons (Fsp3) is 0.333. The molecule has 8 heteroatoms. The lowest BCUT2D eigenvalue weighted by atomic mass is 10.3. The van der Waals surface area contributed by atoms with Gasteiger partial charge in [0.1, 0.15) is 9.86 Å². The zero-order chi connectivity index (χ0) is 16.1. The Hall–Kier alpha value is -1.93. The van der Waals surface area contributed by atoms with Crippen molar-refractivity contribution in [2.75, 3.05) is 12.3 Å². The fourth-order valence-corrected chi connectivity index (χ4v) is 3.91. The van der Waals surface area contributed by atoms with Crippen LogP contribution in [0.3, 0.4) is 0 Å². The van der Waals surface area contributed by atoms with Crippen LogP contribution in [0.15, 0.2) is 34.0 Å². The number of fused-ring (bicyclic) bond motifs is 1. The van der Waals surface area contributed by atoms with Crippen molar-refractivity contribution in [3.8, 4) is 0 Å². The number of carbonyl (C=O) groups is 1. The van der Waals surface area contributed by atoms with Crippen molar-refractivity contribution < 1.29 is 4.79 Å². The van der Waals surface area contributed by atoms with Crippen LogP contribution in [0.2, 0.25) is 0 Å². The second-order valence-electron chi connectivity index (χ2n) is 4.87. The number of para-hydroxylation sites is 1. The van der Waals surface area contributed by atoms with Gasteiger partial charge in [0, 0.05) is 11.9 Å². The maximum Gasteiger partial charge on any atom is 0.226 e. The predicted octanol–water partition coefficient (Wildman–Crippen LogP) is 2.36. The first-order valence-electron chi connectivity index (χ1n) is 7.38. The number of nitrogens with zero attached hydrogens (tertiary/aromatic N) is 4. The van der Waals surface area contributed by atoms with Crippen LogP contribution in [-0.2, 0) is 17.8 Å². The maximum absolute atomic E-state index is 12.0. The highest BCUT2D eigenvalue weighted by atomic mass is 32.2. The Morgan fingerprint density at radius 2 is 2.26 bits per heavy atom. The first kappa shape index (κ1) is 15.9. The summed E-state index contributed by atoms with van der Waals surface area (Å²) in [5.41, 5.74) is 2.67. The first-order chi connectivity index (χ1) is 11.3. The lowest BCUT2D eigenvalue weighted by Crippen LogP contribution is -2.29. The molecule has 0 atom stereocenters. The summed E-state index contributed by atoms with van der Waals surface area (Å²) in [6.07, 6.45) is 0.318. The number of hydrogen-bond acceptors (Lipinski definition) is 6. The van der Waals surface area contributed by atoms with Gasteiger partial charge >= 0.3 is 0 Å². The summed E-state index contributed by atoms with van der Waals surface area (Å²) in [5.74, 6) is 0.970. The lowest BCUT2D eigenvalue weighted by molar-refractivity contribution is -0.120. The maximum atomic E-state index is 12.0. The summed E-state index contributed by atoms with van der Waals surface area (Å²) in [4.78, 5) is 16.4. The summed E-state index contributed by atoms with van der Waals surface area (Å²) >= 11 is 3.29. The van der Waals surface area contributed by atoms with E-state index in [9.17, 15) is 4.79 Å². The molecular weight excluding hydrogens is 330 g/mol. The van der Waals surface area contributed by atoms with Gasteiger partial charge in [-0.15, -0.1) is 16.4 Å². The largest absolute Gasteiger partial charge is 0.354 e. The van der Waals surface area contributed by atoms with E-state index < -0.39 is 0 Å². The Morgan fingerprint density at radius 1 is 1.39 bits per heavy atom. The summed E-state index contributed by atoms with van der Waals surface area (Å²) in [5, 5.41) is 13.0. The quantitative estimate of drug-likeness (QED) is 0.664. The molecule has 0 spiro atoms. The van der Waals surface area contributed by atoms with E-state index in [1.165, 1.54) is 0 Å². The number of benzene rings is 1. The average molecular weight is 347 g/mol. The van der Waals surface area contributed by atoms with E-state index in [0.717, 1.165) is 26.8 Å². The van der Waals surface area contributed by atoms with E-state index in [4.69, 9.17) is 0 Å². The second-order valence-corrected chi connectivity index (χ2v) is 7.24. The van der Waals surface area contributed by atoms with Gasteiger partial charge in [-0.3, -0.25) is 4.79 Å². The van der Waals surface area contributed by atoms with E-state index in [2.05, 4.69) is 27.5 Å². The van der Waals surface area contributed by atoms with Crippen LogP contribution in [-0.4, -0.2) is 38.2 Å². The van der Waals surface area contributed by atoms with Crippen molar-refractivity contribution in [2.24, 2.45) is 0 Å². The van der Waals surface area contributed by atoms with Crippen molar-refractivity contribution in [1.29, 1.82) is 0 Å². The molecule has 3 rings (SSSR count). The number of thioether (sulfide) groups is 1. The molecule has 6 nitrogen and oxygen atoms in total. The molecule has 2 heterocycles. The van der Waals surface area contributed by atoms with Crippen molar-refractivity contribution in [3.05, 3.63) is 35.3 Å². The van der Waals surface area contributed by atoms with Gasteiger partial charge in [-0.05, 0) is 17.9 Å². The zero-order valence-corrected chi connectivity index (χ0v) is 14.4. The molecule has 3 aromatic rings. The molecule has 0 radical (unpaired) electrons. The van der Waals surface area contributed by atoms with Crippen LogP contribution in [0.25, 0.3) is 11.0 Å². The van der Waals surface area contributed by atoms with E-state index in [-0.39, 0.29) is 5.91 Å². The number of hydrogen-bond donors (Lipinski definition) is 1. The minimum Gasteiger partial charge on any atom is -0.354 e. The highest BCUT2D eigenvalue weighted by molar-refractivity contribution is 8.00. The molecule has 0 bridgehead atoms. The molecule has 0 aliphatic rings. The van der Waals surface area contributed by atoms with Crippen molar-refractivity contribution in [2.45, 2.75) is 24.2 Å². The number of thiazole rings is 1. The Morgan fingerprint density at radius 3 is 3.13 bits per heavy atom. The second kappa shape index (κ2) is 7.56. The van der Waals surface area contributed by atoms with Gasteiger partial charge in [-0.1, -0.05) is 36.0 Å².